The fourth-order valence-electron chi connectivity index (χ4n) is 1.93. The summed E-state index contributed by atoms with van der Waals surface area (Å²) < 4.78 is 94.8. The topological polar surface area (TPSA) is 189 Å². The predicted octanol–water partition coefficient (Wildman–Crippen LogP) is -0.599. The molecule has 2 radical (unpaired) electrons. The first-order valence-electron chi connectivity index (χ1n) is 5.51. The summed E-state index contributed by atoms with van der Waals surface area (Å²) >= 11 is 0. The Bertz CT molecular complexity index is 1140. The van der Waals surface area contributed by atoms with Crippen molar-refractivity contribution in [3.8, 4) is 0 Å². The molecule has 2 aromatic carbocycles. The molecule has 0 fully saturated rings. The van der Waals surface area contributed by atoms with Crippen LogP contribution in [-0.2, 0) is 30.4 Å². The molecule has 0 aliphatic heterocycles. The van der Waals surface area contributed by atoms with E-state index in [-0.39, 0.29) is 114 Å². The average molecular weight is 462 g/mol. The van der Waals surface area contributed by atoms with Gasteiger partial charge in [0, 0.05) is 108 Å². The van der Waals surface area contributed by atoms with Gasteiger partial charge in [0.15, 0.2) is 0 Å². The van der Waals surface area contributed by atoms with E-state index in [1.54, 1.807) is 0 Å². The fraction of sp³-hybridized carbons (Fsp3) is 0. The molecule has 0 heterocycles. The van der Waals surface area contributed by atoms with Crippen LogP contribution in [0.4, 0.5) is 5.69 Å². The molecule has 0 bridgehead atoms. The second kappa shape index (κ2) is 8.89. The first-order valence-corrected chi connectivity index (χ1v) is 9.83. The van der Waals surface area contributed by atoms with Gasteiger partial charge in [-0.15, -0.1) is 0 Å². The number of anilines is 1. The minimum Gasteiger partial charge on any atom is -0.398 e. The summed E-state index contributed by atoms with van der Waals surface area (Å²) in [5, 5.41) is -0.612. The SMILES string of the molecule is Nc1cc2c(S(=O)(=O)O)cc(S(=O)(=O)O)cc2cc1S(=O)(=O)O.[K].[K]. The van der Waals surface area contributed by atoms with Gasteiger partial charge in [-0.05, 0) is 29.7 Å². The zero-order chi connectivity index (χ0) is 17.8. The van der Waals surface area contributed by atoms with E-state index in [9.17, 15) is 29.8 Å². The fourth-order valence-corrected chi connectivity index (χ4v) is 3.91. The van der Waals surface area contributed by atoms with Gasteiger partial charge in [0.1, 0.15) is 9.79 Å². The van der Waals surface area contributed by atoms with Crippen LogP contribution in [0.2, 0.25) is 0 Å². The molecule has 0 aromatic heterocycles. The van der Waals surface area contributed by atoms with Gasteiger partial charge >= 0.3 is 0 Å². The van der Waals surface area contributed by atoms with Crippen molar-refractivity contribution in [2.75, 3.05) is 5.73 Å². The molecule has 2 rings (SSSR count). The van der Waals surface area contributed by atoms with Crippen LogP contribution in [0.15, 0.2) is 39.0 Å². The third-order valence-corrected chi connectivity index (χ3v) is 5.51. The Morgan fingerprint density at radius 1 is 0.680 bits per heavy atom. The van der Waals surface area contributed by atoms with Crippen molar-refractivity contribution in [2.45, 2.75) is 14.7 Å². The Hall–Kier alpha value is 1.50. The van der Waals surface area contributed by atoms with E-state index in [1.165, 1.54) is 0 Å². The molecule has 15 heteroatoms. The van der Waals surface area contributed by atoms with Crippen LogP contribution >= 0.6 is 0 Å². The smallest absolute Gasteiger partial charge is 0.296 e. The minimum atomic E-state index is -4.92. The number of benzene rings is 2. The molecule has 0 spiro atoms. The number of hydrogen-bond donors (Lipinski definition) is 4. The molecule has 25 heavy (non-hydrogen) atoms. The number of hydrogen-bond acceptors (Lipinski definition) is 7. The van der Waals surface area contributed by atoms with E-state index in [0.29, 0.717) is 12.1 Å². The number of nitrogens with two attached hydrogens (primary N) is 1. The van der Waals surface area contributed by atoms with Gasteiger partial charge in [-0.1, -0.05) is 0 Å². The van der Waals surface area contributed by atoms with Crippen LogP contribution in [0, 0.1) is 0 Å². The monoisotopic (exact) mass is 461 g/mol. The van der Waals surface area contributed by atoms with Crippen LogP contribution in [0.25, 0.3) is 10.8 Å². The van der Waals surface area contributed by atoms with Crippen molar-refractivity contribution >= 4 is 150 Å². The molecule has 0 saturated carbocycles. The molecule has 128 valence electrons. The van der Waals surface area contributed by atoms with Crippen molar-refractivity contribution in [1.29, 1.82) is 0 Å². The standard InChI is InChI=1S/C10H9NO9S3.2K/c11-8-4-7-5(2-10(8)23(18,19)20)1-6(21(12,13)14)3-9(7)22(15,16)17;;/h1-4H,11H2,(H,12,13,14)(H,15,16,17)(H,18,19,20);;. The minimum absolute atomic E-state index is 0. The van der Waals surface area contributed by atoms with Crippen molar-refractivity contribution in [1.82, 2.24) is 0 Å². The van der Waals surface area contributed by atoms with E-state index in [1.807, 2.05) is 0 Å². The molecule has 0 aliphatic carbocycles. The summed E-state index contributed by atoms with van der Waals surface area (Å²) in [5.41, 5.74) is 4.90. The molecule has 0 atom stereocenters. The Morgan fingerprint density at radius 3 is 1.56 bits per heavy atom. The van der Waals surface area contributed by atoms with Crippen molar-refractivity contribution in [3.63, 3.8) is 0 Å². The maximum atomic E-state index is 11.4. The maximum Gasteiger partial charge on any atom is 0.296 e. The van der Waals surface area contributed by atoms with E-state index in [2.05, 4.69) is 0 Å². The second-order valence-corrected chi connectivity index (χ2v) is 8.66. The quantitative estimate of drug-likeness (QED) is 0.261. The van der Waals surface area contributed by atoms with Crippen LogP contribution in [0.3, 0.4) is 0 Å². The molecular weight excluding hydrogens is 453 g/mol. The van der Waals surface area contributed by atoms with Gasteiger partial charge in [-0.25, -0.2) is 0 Å². The van der Waals surface area contributed by atoms with Crippen LogP contribution < -0.4 is 5.73 Å². The molecule has 10 nitrogen and oxygen atoms in total. The zero-order valence-electron chi connectivity index (χ0n) is 12.9. The summed E-state index contributed by atoms with van der Waals surface area (Å²) in [6.45, 7) is 0. The molecule has 0 amide bonds. The molecule has 5 N–H and O–H groups in total. The number of fused-ring (bicyclic) bond motifs is 1. The first kappa shape index (κ1) is 26.5. The van der Waals surface area contributed by atoms with Gasteiger partial charge in [0.25, 0.3) is 30.4 Å². The van der Waals surface area contributed by atoms with Gasteiger partial charge in [-0.3, -0.25) is 13.7 Å². The number of nitrogen functional groups attached to an aromatic ring is 1. The molecule has 0 saturated heterocycles. The van der Waals surface area contributed by atoms with E-state index in [0.717, 1.165) is 12.1 Å². The number of rotatable bonds is 3. The first-order chi connectivity index (χ1) is 10.2. The molecular formula is C10H9K2NO9S3. The van der Waals surface area contributed by atoms with Crippen LogP contribution in [-0.4, -0.2) is 142 Å². The summed E-state index contributed by atoms with van der Waals surface area (Å²) in [6, 6.07) is 2.78. The summed E-state index contributed by atoms with van der Waals surface area (Å²) in [5.74, 6) is 0. The third kappa shape index (κ3) is 6.24. The summed E-state index contributed by atoms with van der Waals surface area (Å²) in [7, 11) is -14.5. The van der Waals surface area contributed by atoms with Gasteiger partial charge in [-0.2, -0.15) is 25.3 Å². The average Bonchev–Trinajstić information content (AvgIpc) is 2.32. The van der Waals surface area contributed by atoms with Gasteiger partial charge in [0.2, 0.25) is 0 Å². The van der Waals surface area contributed by atoms with Gasteiger partial charge < -0.3 is 5.73 Å². The Kier molecular flexibility index (Phi) is 9.42. The molecule has 0 aliphatic rings. The third-order valence-electron chi connectivity index (χ3n) is 2.87. The van der Waals surface area contributed by atoms with E-state index in [4.69, 9.17) is 14.8 Å². The summed E-state index contributed by atoms with van der Waals surface area (Å²) in [6.07, 6.45) is 0. The summed E-state index contributed by atoms with van der Waals surface area (Å²) in [4.78, 5) is -2.60. The predicted molar refractivity (Wildman–Crippen MR) is 89.3 cm³/mol. The second-order valence-electron chi connectivity index (χ2n) is 4.46. The molecule has 0 unspecified atom stereocenters. The van der Waals surface area contributed by atoms with Crippen molar-refractivity contribution in [2.24, 2.45) is 0 Å². The van der Waals surface area contributed by atoms with Crippen molar-refractivity contribution < 1.29 is 38.9 Å². The van der Waals surface area contributed by atoms with Gasteiger partial charge in [0.05, 0.1) is 10.6 Å². The van der Waals surface area contributed by atoms with E-state index >= 15 is 0 Å². The Morgan fingerprint density at radius 2 is 1.16 bits per heavy atom. The normalized spacial score (nSPS) is 12.3. The zero-order valence-corrected chi connectivity index (χ0v) is 21.6. The van der Waals surface area contributed by atoms with Crippen molar-refractivity contribution in [3.05, 3.63) is 24.3 Å². The molecule has 2 aromatic rings. The largest absolute Gasteiger partial charge is 0.398 e. The van der Waals surface area contributed by atoms with Crippen LogP contribution in [0.5, 0.6) is 0 Å². The van der Waals surface area contributed by atoms with E-state index < -0.39 is 50.7 Å². The maximum absolute atomic E-state index is 11.4. The van der Waals surface area contributed by atoms with Crippen LogP contribution in [0.1, 0.15) is 0 Å². The Labute approximate surface area is 228 Å². The Balaban J connectivity index is 0.00000288.